The van der Waals surface area contributed by atoms with Gasteiger partial charge in [-0.05, 0) is 26.0 Å². The van der Waals surface area contributed by atoms with Gasteiger partial charge in [-0.15, -0.1) is 0 Å². The van der Waals surface area contributed by atoms with Crippen LogP contribution in [0.15, 0.2) is 18.3 Å². The third-order valence-corrected chi connectivity index (χ3v) is 6.92. The van der Waals surface area contributed by atoms with Gasteiger partial charge in [0.2, 0.25) is 5.91 Å². The maximum absolute atomic E-state index is 12.9. The molecule has 0 aromatic carbocycles. The molecule has 2 aliphatic heterocycles. The largest absolute Gasteiger partial charge is 0.373 e. The maximum Gasteiger partial charge on any atom is 0.282 e. The number of amides is 1. The van der Waals surface area contributed by atoms with E-state index in [1.165, 1.54) is 14.8 Å². The molecular formula is C17H26ClN5O4S. The van der Waals surface area contributed by atoms with Gasteiger partial charge in [0, 0.05) is 45.5 Å². The lowest BCUT2D eigenvalue weighted by Crippen LogP contribution is -2.57. The number of nitrogens with one attached hydrogen (secondary N) is 1. The Kier molecular flexibility index (Phi) is 6.89. The highest BCUT2D eigenvalue weighted by atomic mass is 35.5. The molecule has 2 aliphatic rings. The summed E-state index contributed by atoms with van der Waals surface area (Å²) in [6.45, 7) is 6.38. The van der Waals surface area contributed by atoms with Crippen LogP contribution in [0.3, 0.4) is 0 Å². The van der Waals surface area contributed by atoms with Gasteiger partial charge in [-0.2, -0.15) is 17.0 Å². The molecule has 0 aliphatic carbocycles. The smallest absolute Gasteiger partial charge is 0.282 e. The topological polar surface area (TPSA) is 95.1 Å². The summed E-state index contributed by atoms with van der Waals surface area (Å²) in [4.78, 5) is 18.2. The summed E-state index contributed by atoms with van der Waals surface area (Å²) >= 11 is 5.78. The second-order valence-corrected chi connectivity index (χ2v) is 9.53. The second kappa shape index (κ2) is 9.02. The number of anilines is 1. The molecule has 9 nitrogen and oxygen atoms in total. The molecule has 1 aromatic heterocycles. The number of morpholine rings is 1. The molecule has 0 bridgehead atoms. The van der Waals surface area contributed by atoms with E-state index < -0.39 is 10.2 Å². The molecular weight excluding hydrogens is 406 g/mol. The molecule has 2 fully saturated rings. The highest BCUT2D eigenvalue weighted by molar-refractivity contribution is 7.86. The quantitative estimate of drug-likeness (QED) is 0.735. The predicted molar refractivity (Wildman–Crippen MR) is 106 cm³/mol. The number of ether oxygens (including phenoxy) is 1. The Morgan fingerprint density at radius 3 is 2.39 bits per heavy atom. The van der Waals surface area contributed by atoms with Crippen molar-refractivity contribution in [2.24, 2.45) is 0 Å². The molecule has 3 heterocycles. The summed E-state index contributed by atoms with van der Waals surface area (Å²) in [5.41, 5.74) is 0. The first-order valence-corrected chi connectivity index (χ1v) is 11.1. The van der Waals surface area contributed by atoms with Crippen molar-refractivity contribution in [3.8, 4) is 0 Å². The summed E-state index contributed by atoms with van der Waals surface area (Å²) in [7, 11) is -3.52. The standard InChI is InChI=1S/C17H26ClN5O4S/c1-13-10-23(11-14(2)27-13)28(25,26)22-7-5-21(6-8-22)12-17(24)20-16-4-3-15(18)9-19-16/h3-4,9,13-14H,5-8,10-12H2,1-2H3,(H,19,20,24). The number of carbonyl (C=O) groups is 1. The van der Waals surface area contributed by atoms with Gasteiger partial charge < -0.3 is 10.1 Å². The minimum Gasteiger partial charge on any atom is -0.373 e. The maximum atomic E-state index is 12.9. The van der Waals surface area contributed by atoms with Crippen LogP contribution in [0.4, 0.5) is 5.82 Å². The van der Waals surface area contributed by atoms with Crippen LogP contribution in [0, 0.1) is 0 Å². The molecule has 1 aromatic rings. The first-order chi connectivity index (χ1) is 13.2. The number of pyridine rings is 1. The van der Waals surface area contributed by atoms with Crippen LogP contribution in [-0.4, -0.2) is 90.8 Å². The Morgan fingerprint density at radius 1 is 1.18 bits per heavy atom. The number of halogens is 1. The van der Waals surface area contributed by atoms with Crippen molar-refractivity contribution in [1.82, 2.24) is 18.5 Å². The van der Waals surface area contributed by atoms with E-state index >= 15 is 0 Å². The molecule has 2 saturated heterocycles. The lowest BCUT2D eigenvalue weighted by atomic mass is 10.3. The molecule has 28 heavy (non-hydrogen) atoms. The van der Waals surface area contributed by atoms with Gasteiger partial charge in [-0.25, -0.2) is 4.98 Å². The Labute approximate surface area is 170 Å². The van der Waals surface area contributed by atoms with Crippen molar-refractivity contribution in [3.63, 3.8) is 0 Å². The average molecular weight is 432 g/mol. The van der Waals surface area contributed by atoms with Crippen LogP contribution in [0.25, 0.3) is 0 Å². The van der Waals surface area contributed by atoms with Gasteiger partial charge in [-0.3, -0.25) is 9.69 Å². The van der Waals surface area contributed by atoms with Crippen LogP contribution in [0.5, 0.6) is 0 Å². The van der Waals surface area contributed by atoms with E-state index in [1.807, 2.05) is 18.7 Å². The number of hydrogen-bond acceptors (Lipinski definition) is 6. The van der Waals surface area contributed by atoms with E-state index in [-0.39, 0.29) is 24.7 Å². The lowest BCUT2D eigenvalue weighted by molar-refractivity contribution is -0.117. The van der Waals surface area contributed by atoms with E-state index in [1.54, 1.807) is 12.1 Å². The predicted octanol–water partition coefficient (Wildman–Crippen LogP) is 0.645. The van der Waals surface area contributed by atoms with Gasteiger partial charge in [0.25, 0.3) is 10.2 Å². The zero-order valence-electron chi connectivity index (χ0n) is 16.0. The van der Waals surface area contributed by atoms with Crippen molar-refractivity contribution < 1.29 is 17.9 Å². The summed E-state index contributed by atoms with van der Waals surface area (Å²) < 4.78 is 34.4. The van der Waals surface area contributed by atoms with Gasteiger partial charge >= 0.3 is 0 Å². The Morgan fingerprint density at radius 2 is 1.82 bits per heavy atom. The second-order valence-electron chi connectivity index (χ2n) is 7.17. The van der Waals surface area contributed by atoms with E-state index in [4.69, 9.17) is 16.3 Å². The van der Waals surface area contributed by atoms with E-state index in [0.29, 0.717) is 50.1 Å². The first-order valence-electron chi connectivity index (χ1n) is 9.28. The van der Waals surface area contributed by atoms with Crippen LogP contribution < -0.4 is 5.32 Å². The van der Waals surface area contributed by atoms with E-state index in [0.717, 1.165) is 0 Å². The van der Waals surface area contributed by atoms with E-state index in [2.05, 4.69) is 10.3 Å². The Hall–Kier alpha value is -1.30. The van der Waals surface area contributed by atoms with Crippen molar-refractivity contribution in [2.45, 2.75) is 26.1 Å². The minimum atomic E-state index is -3.52. The summed E-state index contributed by atoms with van der Waals surface area (Å²) in [5, 5.41) is 3.21. The average Bonchev–Trinajstić information content (AvgIpc) is 2.63. The third kappa shape index (κ3) is 5.40. The SMILES string of the molecule is CC1CN(S(=O)(=O)N2CCN(CC(=O)Nc3ccc(Cl)cn3)CC2)CC(C)O1. The summed E-state index contributed by atoms with van der Waals surface area (Å²) in [5.74, 6) is 0.244. The van der Waals surface area contributed by atoms with Crippen molar-refractivity contribution in [3.05, 3.63) is 23.4 Å². The fourth-order valence-electron chi connectivity index (χ4n) is 3.44. The first kappa shape index (κ1) is 21.4. The third-order valence-electron chi connectivity index (χ3n) is 4.73. The fraction of sp³-hybridized carbons (Fsp3) is 0.647. The zero-order chi connectivity index (χ0) is 20.3. The number of rotatable bonds is 5. The van der Waals surface area contributed by atoms with Crippen LogP contribution in [-0.2, 0) is 19.7 Å². The van der Waals surface area contributed by atoms with Crippen molar-refractivity contribution >= 4 is 33.5 Å². The monoisotopic (exact) mass is 431 g/mol. The fourth-order valence-corrected chi connectivity index (χ4v) is 5.30. The highest BCUT2D eigenvalue weighted by Crippen LogP contribution is 2.19. The minimum absolute atomic E-state index is 0.120. The molecule has 156 valence electrons. The Bertz CT molecular complexity index is 773. The van der Waals surface area contributed by atoms with Gasteiger partial charge in [-0.1, -0.05) is 11.6 Å². The van der Waals surface area contributed by atoms with Gasteiger partial charge in [0.15, 0.2) is 0 Å². The molecule has 1 N–H and O–H groups in total. The summed E-state index contributed by atoms with van der Waals surface area (Å²) in [6, 6.07) is 3.29. The molecule has 3 rings (SSSR count). The van der Waals surface area contributed by atoms with Gasteiger partial charge in [0.1, 0.15) is 5.82 Å². The van der Waals surface area contributed by atoms with Crippen LogP contribution in [0.1, 0.15) is 13.8 Å². The molecule has 0 spiro atoms. The molecule has 0 saturated carbocycles. The molecule has 1 amide bonds. The normalized spacial score (nSPS) is 25.5. The lowest BCUT2D eigenvalue weighted by Gasteiger charge is -2.40. The zero-order valence-corrected chi connectivity index (χ0v) is 17.6. The number of nitrogens with zero attached hydrogens (tertiary/aromatic N) is 4. The van der Waals surface area contributed by atoms with Gasteiger partial charge in [0.05, 0.1) is 23.8 Å². The molecule has 11 heteroatoms. The number of hydrogen-bond donors (Lipinski definition) is 1. The van der Waals surface area contributed by atoms with Crippen molar-refractivity contribution in [1.29, 1.82) is 0 Å². The van der Waals surface area contributed by atoms with Crippen LogP contribution >= 0.6 is 11.6 Å². The summed E-state index contributed by atoms with van der Waals surface area (Å²) in [6.07, 6.45) is 1.23. The number of carbonyl (C=O) groups excluding carboxylic acids is 1. The highest BCUT2D eigenvalue weighted by Gasteiger charge is 2.36. The van der Waals surface area contributed by atoms with E-state index in [9.17, 15) is 13.2 Å². The Balaban J connectivity index is 1.49. The van der Waals surface area contributed by atoms with Crippen LogP contribution in [0.2, 0.25) is 5.02 Å². The number of aromatic nitrogens is 1. The van der Waals surface area contributed by atoms with Crippen molar-refractivity contribution in [2.75, 3.05) is 51.1 Å². The molecule has 2 unspecified atom stereocenters. The molecule has 0 radical (unpaired) electrons. The molecule has 2 atom stereocenters. The number of piperazine rings is 1.